The monoisotopic (exact) mass is 446 g/mol. The number of benzene rings is 2. The first kappa shape index (κ1) is 21.6. The number of alkyl halides is 1. The van der Waals surface area contributed by atoms with Gasteiger partial charge in [0.05, 0.1) is 4.32 Å². The summed E-state index contributed by atoms with van der Waals surface area (Å²) in [5, 5.41) is 0. The van der Waals surface area contributed by atoms with Crippen LogP contribution in [-0.2, 0) is 11.2 Å². The number of allylic oxidation sites excluding steroid dienone is 1. The van der Waals surface area contributed by atoms with Gasteiger partial charge in [-0.2, -0.15) is 0 Å². The molecule has 1 atom stereocenters. The van der Waals surface area contributed by atoms with Crippen molar-refractivity contribution in [2.24, 2.45) is 0 Å². The van der Waals surface area contributed by atoms with Crippen molar-refractivity contribution in [1.29, 1.82) is 0 Å². The van der Waals surface area contributed by atoms with Gasteiger partial charge < -0.3 is 4.55 Å². The molecular formula is C22H23BrO3S. The number of halogens is 1. The highest BCUT2D eigenvalue weighted by Crippen LogP contribution is 2.27. The van der Waals surface area contributed by atoms with Gasteiger partial charge in [-0.15, -0.1) is 0 Å². The maximum Gasteiger partial charge on any atom is 0.185 e. The molecule has 0 aliphatic carbocycles. The molecule has 0 saturated carbocycles. The minimum absolute atomic E-state index is 0.0394. The number of Topliss-reactive ketones (excluding diaryl/α,β-unsaturated/α-hetero) is 1. The van der Waals surface area contributed by atoms with Crippen LogP contribution in [0.15, 0.2) is 47.4 Å². The highest BCUT2D eigenvalue weighted by molar-refractivity contribution is 9.10. The van der Waals surface area contributed by atoms with Crippen LogP contribution in [0, 0.1) is 13.8 Å². The van der Waals surface area contributed by atoms with Gasteiger partial charge in [0, 0.05) is 11.1 Å². The number of hydrogen-bond acceptors (Lipinski definition) is 3. The average Bonchev–Trinajstić information content (AvgIpc) is 2.58. The SMILES string of the molecule is Cc1cc(/C=C/C(=O)c2ccc([S+](C)[O-])cc2)cc(C)c1C(=O)C(C)(C)Br. The third-order valence-corrected chi connectivity index (χ3v) is 5.52. The average molecular weight is 447 g/mol. The van der Waals surface area contributed by atoms with Crippen LogP contribution in [-0.4, -0.2) is 26.7 Å². The van der Waals surface area contributed by atoms with Gasteiger partial charge in [0.15, 0.2) is 16.5 Å². The Balaban J connectivity index is 2.24. The zero-order valence-electron chi connectivity index (χ0n) is 16.1. The highest BCUT2D eigenvalue weighted by atomic mass is 79.9. The Bertz CT molecular complexity index is 868. The second kappa shape index (κ2) is 8.55. The highest BCUT2D eigenvalue weighted by Gasteiger charge is 2.27. The largest absolute Gasteiger partial charge is 0.612 e. The number of ketones is 2. The number of rotatable bonds is 6. The minimum Gasteiger partial charge on any atom is -0.612 e. The maximum absolute atomic E-state index is 12.6. The number of carbonyl (C=O) groups is 2. The molecule has 2 aromatic rings. The van der Waals surface area contributed by atoms with Crippen molar-refractivity contribution in [2.45, 2.75) is 36.9 Å². The lowest BCUT2D eigenvalue weighted by Gasteiger charge is -2.18. The van der Waals surface area contributed by atoms with Crippen LogP contribution < -0.4 is 0 Å². The van der Waals surface area contributed by atoms with E-state index in [1.54, 1.807) is 36.6 Å². The first-order valence-corrected chi connectivity index (χ1v) is 10.9. The fourth-order valence-corrected chi connectivity index (χ4v) is 3.55. The van der Waals surface area contributed by atoms with E-state index in [9.17, 15) is 14.1 Å². The summed E-state index contributed by atoms with van der Waals surface area (Å²) >= 11 is 2.37. The molecule has 0 aliphatic heterocycles. The molecule has 0 aliphatic rings. The molecule has 142 valence electrons. The van der Waals surface area contributed by atoms with Crippen molar-refractivity contribution in [2.75, 3.05) is 6.26 Å². The first-order chi connectivity index (χ1) is 12.5. The molecule has 0 bridgehead atoms. The summed E-state index contributed by atoms with van der Waals surface area (Å²) in [6.07, 6.45) is 4.87. The lowest BCUT2D eigenvalue weighted by molar-refractivity contribution is 0.0959. The molecule has 5 heteroatoms. The van der Waals surface area contributed by atoms with Crippen molar-refractivity contribution in [1.82, 2.24) is 0 Å². The number of aryl methyl sites for hydroxylation is 2. The zero-order valence-corrected chi connectivity index (χ0v) is 18.5. The second-order valence-corrected chi connectivity index (χ2v) is 10.4. The van der Waals surface area contributed by atoms with E-state index in [0.717, 1.165) is 16.7 Å². The van der Waals surface area contributed by atoms with Gasteiger partial charge in [-0.05, 0) is 85.9 Å². The molecule has 0 radical (unpaired) electrons. The van der Waals surface area contributed by atoms with Crippen LogP contribution in [0.1, 0.15) is 51.3 Å². The summed E-state index contributed by atoms with van der Waals surface area (Å²) in [4.78, 5) is 25.6. The van der Waals surface area contributed by atoms with E-state index in [4.69, 9.17) is 0 Å². The summed E-state index contributed by atoms with van der Waals surface area (Å²) in [6, 6.07) is 10.6. The van der Waals surface area contributed by atoms with Crippen LogP contribution in [0.2, 0.25) is 0 Å². The Morgan fingerprint density at radius 3 is 2.04 bits per heavy atom. The standard InChI is InChI=1S/C22H23BrO3S/c1-14-12-16(13-15(2)20(14)21(25)22(3,4)23)6-11-19(24)17-7-9-18(10-8-17)27(5)26/h6-13H,1-5H3/b11-6+. The topological polar surface area (TPSA) is 57.2 Å². The third-order valence-electron chi connectivity index (χ3n) is 4.22. The third kappa shape index (κ3) is 5.41. The molecular weight excluding hydrogens is 424 g/mol. The smallest absolute Gasteiger partial charge is 0.185 e. The quantitative estimate of drug-likeness (QED) is 0.262. The Morgan fingerprint density at radius 2 is 1.59 bits per heavy atom. The Morgan fingerprint density at radius 1 is 1.07 bits per heavy atom. The van der Waals surface area contributed by atoms with E-state index in [1.807, 2.05) is 39.8 Å². The molecule has 2 rings (SSSR count). The van der Waals surface area contributed by atoms with Crippen molar-refractivity contribution in [3.63, 3.8) is 0 Å². The Kier molecular flexibility index (Phi) is 6.84. The van der Waals surface area contributed by atoms with Gasteiger partial charge in [-0.1, -0.05) is 34.1 Å². The van der Waals surface area contributed by atoms with E-state index >= 15 is 0 Å². The zero-order chi connectivity index (χ0) is 20.4. The lowest BCUT2D eigenvalue weighted by atomic mass is 9.91. The molecule has 2 aromatic carbocycles. The van der Waals surface area contributed by atoms with Gasteiger partial charge in [0.2, 0.25) is 0 Å². The van der Waals surface area contributed by atoms with E-state index in [1.165, 1.54) is 6.08 Å². The number of carbonyl (C=O) groups excluding carboxylic acids is 2. The fraction of sp³-hybridized carbons (Fsp3) is 0.273. The summed E-state index contributed by atoms with van der Waals surface area (Å²) < 4.78 is 10.8. The molecule has 0 N–H and O–H groups in total. The molecule has 27 heavy (non-hydrogen) atoms. The fourth-order valence-electron chi connectivity index (χ4n) is 2.83. The van der Waals surface area contributed by atoms with E-state index in [-0.39, 0.29) is 11.6 Å². The normalized spacial score (nSPS) is 13.0. The van der Waals surface area contributed by atoms with Crippen molar-refractivity contribution < 1.29 is 14.1 Å². The van der Waals surface area contributed by atoms with E-state index in [2.05, 4.69) is 15.9 Å². The molecule has 1 unspecified atom stereocenters. The van der Waals surface area contributed by atoms with Gasteiger partial charge in [0.1, 0.15) is 6.26 Å². The molecule has 0 heterocycles. The van der Waals surface area contributed by atoms with Crippen molar-refractivity contribution in [3.05, 3.63) is 70.3 Å². The first-order valence-electron chi connectivity index (χ1n) is 8.51. The summed E-state index contributed by atoms with van der Waals surface area (Å²) in [7, 11) is 0. The predicted octanol–water partition coefficient (Wildman–Crippen LogP) is 5.29. The van der Waals surface area contributed by atoms with Crippen LogP contribution in [0.3, 0.4) is 0 Å². The van der Waals surface area contributed by atoms with Crippen molar-refractivity contribution in [3.8, 4) is 0 Å². The summed E-state index contributed by atoms with van der Waals surface area (Å²) in [5.74, 6) is -0.0852. The molecule has 3 nitrogen and oxygen atoms in total. The van der Waals surface area contributed by atoms with Gasteiger partial charge in [-0.3, -0.25) is 9.59 Å². The van der Waals surface area contributed by atoms with Crippen LogP contribution in [0.5, 0.6) is 0 Å². The molecule has 0 fully saturated rings. The number of hydrogen-bond donors (Lipinski definition) is 0. The van der Waals surface area contributed by atoms with E-state index in [0.29, 0.717) is 16.0 Å². The predicted molar refractivity (Wildman–Crippen MR) is 115 cm³/mol. The second-order valence-electron chi connectivity index (χ2n) is 7.01. The Hall–Kier alpha value is -1.69. The minimum atomic E-state index is -1.06. The maximum atomic E-state index is 12.6. The van der Waals surface area contributed by atoms with E-state index < -0.39 is 15.5 Å². The Labute approximate surface area is 172 Å². The molecule has 0 aromatic heterocycles. The van der Waals surface area contributed by atoms with Crippen LogP contribution in [0.4, 0.5) is 0 Å². The molecule has 0 amide bonds. The van der Waals surface area contributed by atoms with Gasteiger partial charge in [-0.25, -0.2) is 0 Å². The summed E-state index contributed by atoms with van der Waals surface area (Å²) in [5.41, 5.74) is 3.89. The molecule has 0 spiro atoms. The van der Waals surface area contributed by atoms with Crippen molar-refractivity contribution >= 4 is 44.7 Å². The van der Waals surface area contributed by atoms with Gasteiger partial charge >= 0.3 is 0 Å². The summed E-state index contributed by atoms with van der Waals surface area (Å²) in [6.45, 7) is 7.48. The van der Waals surface area contributed by atoms with Crippen LogP contribution in [0.25, 0.3) is 6.08 Å². The molecule has 0 saturated heterocycles. The van der Waals surface area contributed by atoms with Crippen LogP contribution >= 0.6 is 15.9 Å². The lowest BCUT2D eigenvalue weighted by Crippen LogP contribution is -2.25. The van der Waals surface area contributed by atoms with Gasteiger partial charge in [0.25, 0.3) is 0 Å².